The number of thioether (sulfide) groups is 1. The number of carbonyl (C=O) groups excluding carboxylic acids is 3. The van der Waals surface area contributed by atoms with Crippen LogP contribution in [0.3, 0.4) is 0 Å². The summed E-state index contributed by atoms with van der Waals surface area (Å²) in [6.45, 7) is 7.33. The molecule has 33 heavy (non-hydrogen) atoms. The Labute approximate surface area is 197 Å². The van der Waals surface area contributed by atoms with Gasteiger partial charge in [0.1, 0.15) is 13.2 Å². The third-order valence-electron chi connectivity index (χ3n) is 4.97. The van der Waals surface area contributed by atoms with Crippen molar-refractivity contribution in [3.05, 3.63) is 83.4 Å². The highest BCUT2D eigenvalue weighted by Gasteiger charge is 2.43. The third-order valence-corrected chi connectivity index (χ3v) is 6.32. The fourth-order valence-electron chi connectivity index (χ4n) is 3.14. The Balaban J connectivity index is 1.68. The minimum absolute atomic E-state index is 0.00408. The van der Waals surface area contributed by atoms with Crippen LogP contribution in [-0.2, 0) is 18.9 Å². The minimum Gasteiger partial charge on any atom is -0.461 e. The lowest BCUT2D eigenvalue weighted by Crippen LogP contribution is -2.40. The maximum Gasteiger partial charge on any atom is 0.509 e. The molecule has 1 fully saturated rings. The number of hydrogen-bond donors (Lipinski definition) is 0. The summed E-state index contributed by atoms with van der Waals surface area (Å²) in [5.74, 6) is -0.665. The van der Waals surface area contributed by atoms with Crippen molar-refractivity contribution in [3.8, 4) is 0 Å². The van der Waals surface area contributed by atoms with Crippen molar-refractivity contribution in [2.45, 2.75) is 31.3 Å². The molecule has 2 aromatic rings. The molecular weight excluding hydrogens is 444 g/mol. The molecular formula is C25H26O7S. The first-order chi connectivity index (χ1) is 15.9. The maximum atomic E-state index is 12.7. The molecule has 1 aliphatic rings. The fourth-order valence-corrected chi connectivity index (χ4v) is 4.42. The molecule has 2 aromatic carbocycles. The smallest absolute Gasteiger partial charge is 0.461 e. The molecule has 1 heterocycles. The molecule has 0 saturated carbocycles. The lowest BCUT2D eigenvalue weighted by Gasteiger charge is -2.24. The second-order valence-electron chi connectivity index (χ2n) is 7.58. The van der Waals surface area contributed by atoms with Gasteiger partial charge in [0.2, 0.25) is 0 Å². The van der Waals surface area contributed by atoms with Crippen LogP contribution in [0.5, 0.6) is 0 Å². The third kappa shape index (κ3) is 6.86. The highest BCUT2D eigenvalue weighted by Crippen LogP contribution is 2.33. The Morgan fingerprint density at radius 2 is 1.48 bits per heavy atom. The molecule has 0 N–H and O–H groups in total. The van der Waals surface area contributed by atoms with E-state index in [-0.39, 0.29) is 13.2 Å². The topological polar surface area (TPSA) is 88.1 Å². The molecule has 174 valence electrons. The standard InChI is InChI=1S/C25H26O7S/c1-4-13-29-25(28)31-20-15-33-21(14-30-23(26)18-9-5-16(2)6-10-18)22(20)32-24(27)19-11-7-17(3)8-12-19/h4-12,20-22H,1,13-15H2,2-3H3/t20-,21+,22+/m0/s1. The van der Waals surface area contributed by atoms with Gasteiger partial charge in [-0.25, -0.2) is 14.4 Å². The zero-order valence-corrected chi connectivity index (χ0v) is 19.3. The van der Waals surface area contributed by atoms with E-state index in [9.17, 15) is 14.4 Å². The highest BCUT2D eigenvalue weighted by atomic mass is 32.2. The van der Waals surface area contributed by atoms with Gasteiger partial charge in [-0.2, -0.15) is 0 Å². The molecule has 0 radical (unpaired) electrons. The van der Waals surface area contributed by atoms with E-state index in [1.165, 1.54) is 17.8 Å². The van der Waals surface area contributed by atoms with E-state index in [0.29, 0.717) is 16.9 Å². The summed E-state index contributed by atoms with van der Waals surface area (Å²) in [7, 11) is 0. The molecule has 3 atom stereocenters. The van der Waals surface area contributed by atoms with Gasteiger partial charge in [0.15, 0.2) is 12.2 Å². The molecule has 7 nitrogen and oxygen atoms in total. The molecule has 1 aliphatic heterocycles. The van der Waals surface area contributed by atoms with Gasteiger partial charge in [-0.1, -0.05) is 48.0 Å². The van der Waals surface area contributed by atoms with Crippen molar-refractivity contribution in [1.29, 1.82) is 0 Å². The number of aryl methyl sites for hydroxylation is 2. The van der Waals surface area contributed by atoms with Crippen molar-refractivity contribution in [2.24, 2.45) is 0 Å². The predicted octanol–water partition coefficient (Wildman–Crippen LogP) is 4.51. The van der Waals surface area contributed by atoms with Crippen molar-refractivity contribution in [1.82, 2.24) is 0 Å². The maximum absolute atomic E-state index is 12.7. The van der Waals surface area contributed by atoms with Gasteiger partial charge in [0, 0.05) is 5.75 Å². The Bertz CT molecular complexity index is 985. The Morgan fingerprint density at radius 1 is 0.909 bits per heavy atom. The average Bonchev–Trinajstić information content (AvgIpc) is 3.17. The molecule has 8 heteroatoms. The van der Waals surface area contributed by atoms with E-state index >= 15 is 0 Å². The number of rotatable bonds is 8. The highest BCUT2D eigenvalue weighted by molar-refractivity contribution is 8.00. The summed E-state index contributed by atoms with van der Waals surface area (Å²) in [6.07, 6.45) is -1.02. The first-order valence-electron chi connectivity index (χ1n) is 10.4. The molecule has 0 bridgehead atoms. The number of benzene rings is 2. The van der Waals surface area contributed by atoms with Crippen LogP contribution >= 0.6 is 11.8 Å². The van der Waals surface area contributed by atoms with Gasteiger partial charge in [0.05, 0.1) is 16.4 Å². The van der Waals surface area contributed by atoms with Gasteiger partial charge < -0.3 is 18.9 Å². The summed E-state index contributed by atoms with van der Waals surface area (Å²) in [5.41, 5.74) is 2.85. The van der Waals surface area contributed by atoms with Crippen LogP contribution in [0, 0.1) is 13.8 Å². The quantitative estimate of drug-likeness (QED) is 0.316. The van der Waals surface area contributed by atoms with E-state index in [0.717, 1.165) is 11.1 Å². The summed E-state index contributed by atoms with van der Waals surface area (Å²) in [5, 5.41) is -0.411. The van der Waals surface area contributed by atoms with E-state index in [2.05, 4.69) is 6.58 Å². The summed E-state index contributed by atoms with van der Waals surface area (Å²) < 4.78 is 21.4. The van der Waals surface area contributed by atoms with E-state index in [1.807, 2.05) is 38.1 Å². The van der Waals surface area contributed by atoms with Crippen LogP contribution in [0.2, 0.25) is 0 Å². The van der Waals surface area contributed by atoms with Crippen LogP contribution in [0.1, 0.15) is 31.8 Å². The Kier molecular flexibility index (Phi) is 8.54. The van der Waals surface area contributed by atoms with Gasteiger partial charge in [-0.05, 0) is 38.1 Å². The lowest BCUT2D eigenvalue weighted by atomic mass is 10.1. The number of ether oxygens (including phenoxy) is 4. The first-order valence-corrected chi connectivity index (χ1v) is 11.5. The van der Waals surface area contributed by atoms with Crippen LogP contribution in [0.15, 0.2) is 61.2 Å². The van der Waals surface area contributed by atoms with Crippen LogP contribution < -0.4 is 0 Å². The molecule has 1 saturated heterocycles. The summed E-state index contributed by atoms with van der Waals surface area (Å²) >= 11 is 1.40. The van der Waals surface area contributed by atoms with Gasteiger partial charge in [-0.3, -0.25) is 0 Å². The van der Waals surface area contributed by atoms with Crippen LogP contribution in [-0.4, -0.2) is 54.5 Å². The van der Waals surface area contributed by atoms with E-state index < -0.39 is 35.6 Å². The van der Waals surface area contributed by atoms with Gasteiger partial charge >= 0.3 is 18.1 Å². The molecule has 0 spiro atoms. The Hall–Kier alpha value is -3.26. The van der Waals surface area contributed by atoms with Crippen LogP contribution in [0.4, 0.5) is 4.79 Å². The van der Waals surface area contributed by atoms with Crippen LogP contribution in [0.25, 0.3) is 0 Å². The number of esters is 2. The second kappa shape index (κ2) is 11.6. The molecule has 0 unspecified atom stereocenters. The monoisotopic (exact) mass is 470 g/mol. The molecule has 0 amide bonds. The second-order valence-corrected chi connectivity index (χ2v) is 8.85. The SMILES string of the molecule is C=CCOC(=O)O[C@H]1CS[C@H](COC(=O)c2ccc(C)cc2)[C@@H]1OC(=O)c1ccc(C)cc1. The van der Waals surface area contributed by atoms with Crippen molar-refractivity contribution in [3.63, 3.8) is 0 Å². The zero-order valence-electron chi connectivity index (χ0n) is 18.5. The lowest BCUT2D eigenvalue weighted by molar-refractivity contribution is -0.0366. The van der Waals surface area contributed by atoms with E-state index in [4.69, 9.17) is 18.9 Å². The number of hydrogen-bond acceptors (Lipinski definition) is 8. The normalized spacial score (nSPS) is 19.4. The summed E-state index contributed by atoms with van der Waals surface area (Å²) in [4.78, 5) is 37.1. The number of carbonyl (C=O) groups is 3. The van der Waals surface area contributed by atoms with Crippen molar-refractivity contribution < 1.29 is 33.3 Å². The molecule has 0 aliphatic carbocycles. The van der Waals surface area contributed by atoms with Gasteiger partial charge in [0.25, 0.3) is 0 Å². The Morgan fingerprint density at radius 3 is 2.06 bits per heavy atom. The predicted molar refractivity (Wildman–Crippen MR) is 125 cm³/mol. The van der Waals surface area contributed by atoms with Gasteiger partial charge in [-0.15, -0.1) is 11.8 Å². The molecule has 3 rings (SSSR count). The fraction of sp³-hybridized carbons (Fsp3) is 0.320. The zero-order chi connectivity index (χ0) is 23.8. The average molecular weight is 471 g/mol. The van der Waals surface area contributed by atoms with E-state index in [1.54, 1.807) is 24.3 Å². The van der Waals surface area contributed by atoms with Crippen molar-refractivity contribution >= 4 is 29.9 Å². The minimum atomic E-state index is -0.880. The summed E-state index contributed by atoms with van der Waals surface area (Å²) in [6, 6.07) is 14.0. The largest absolute Gasteiger partial charge is 0.509 e. The molecule has 0 aromatic heterocycles. The van der Waals surface area contributed by atoms with Crippen molar-refractivity contribution in [2.75, 3.05) is 19.0 Å². The first kappa shape index (κ1) is 24.4.